The summed E-state index contributed by atoms with van der Waals surface area (Å²) in [4.78, 5) is 2.44. The first-order valence-electron chi connectivity index (χ1n) is 5.78. The van der Waals surface area contributed by atoms with Crippen molar-refractivity contribution >= 4 is 0 Å². The van der Waals surface area contributed by atoms with E-state index < -0.39 is 0 Å². The van der Waals surface area contributed by atoms with Crippen molar-refractivity contribution in [3.63, 3.8) is 0 Å². The first kappa shape index (κ1) is 12.0. The minimum atomic E-state index is 0.515. The number of hydrogen-bond donors (Lipinski definition) is 1. The zero-order valence-electron chi connectivity index (χ0n) is 9.75. The van der Waals surface area contributed by atoms with E-state index in [2.05, 4.69) is 24.1 Å². The molecule has 3 nitrogen and oxygen atoms in total. The lowest BCUT2D eigenvalue weighted by Crippen LogP contribution is -2.47. The fraction of sp³-hybridized carbons (Fsp3) is 1.00. The zero-order valence-corrected chi connectivity index (χ0v) is 9.75. The summed E-state index contributed by atoms with van der Waals surface area (Å²) in [5, 5.41) is 3.56. The molecule has 1 aliphatic carbocycles. The molecule has 0 aromatic heterocycles. The van der Waals surface area contributed by atoms with E-state index in [0.717, 1.165) is 19.6 Å². The third-order valence-corrected chi connectivity index (χ3v) is 3.18. The second kappa shape index (κ2) is 6.38. The summed E-state index contributed by atoms with van der Waals surface area (Å²) in [7, 11) is 1.80. The van der Waals surface area contributed by atoms with Gasteiger partial charge in [-0.2, -0.15) is 0 Å². The molecule has 0 heterocycles. The molecule has 0 bridgehead atoms. The molecule has 1 fully saturated rings. The Morgan fingerprint density at radius 1 is 1.29 bits per heavy atom. The minimum Gasteiger partial charge on any atom is -0.381 e. The quantitative estimate of drug-likeness (QED) is 0.666. The van der Waals surface area contributed by atoms with Crippen molar-refractivity contribution in [2.45, 2.75) is 38.8 Å². The molecule has 0 aromatic carbocycles. The molecular formula is C11H24N2O. The van der Waals surface area contributed by atoms with E-state index in [1.165, 1.54) is 19.4 Å². The van der Waals surface area contributed by atoms with Crippen molar-refractivity contribution in [2.75, 3.05) is 33.3 Å². The van der Waals surface area contributed by atoms with E-state index in [1.807, 2.05) is 0 Å². The molecule has 0 radical (unpaired) electrons. The van der Waals surface area contributed by atoms with Crippen molar-refractivity contribution in [3.8, 4) is 0 Å². The van der Waals surface area contributed by atoms with Crippen molar-refractivity contribution < 1.29 is 4.74 Å². The lowest BCUT2D eigenvalue weighted by atomic mass is 9.89. The van der Waals surface area contributed by atoms with Crippen LogP contribution in [-0.2, 0) is 4.74 Å². The molecule has 0 aromatic rings. The summed E-state index contributed by atoms with van der Waals surface area (Å²) in [5.74, 6) is 0. The van der Waals surface area contributed by atoms with Gasteiger partial charge in [0.2, 0.25) is 0 Å². The smallest absolute Gasteiger partial charge is 0.0601 e. The summed E-state index contributed by atoms with van der Waals surface area (Å²) in [6, 6.07) is 0.704. The van der Waals surface area contributed by atoms with Crippen molar-refractivity contribution in [1.82, 2.24) is 10.2 Å². The van der Waals surface area contributed by atoms with Crippen LogP contribution in [0.15, 0.2) is 0 Å². The predicted octanol–water partition coefficient (Wildman–Crippen LogP) is 1.10. The Labute approximate surface area is 87.8 Å². The largest absolute Gasteiger partial charge is 0.381 e. The molecule has 0 unspecified atom stereocenters. The van der Waals surface area contributed by atoms with Crippen molar-refractivity contribution in [2.24, 2.45) is 0 Å². The van der Waals surface area contributed by atoms with Crippen LogP contribution in [0.2, 0.25) is 0 Å². The number of methoxy groups -OCH3 is 1. The Hall–Kier alpha value is -0.120. The molecule has 14 heavy (non-hydrogen) atoms. The van der Waals surface area contributed by atoms with Gasteiger partial charge in [0.1, 0.15) is 0 Å². The molecular weight excluding hydrogens is 176 g/mol. The molecule has 0 saturated heterocycles. The first-order valence-corrected chi connectivity index (χ1v) is 5.78. The van der Waals surface area contributed by atoms with Gasteiger partial charge in [-0.25, -0.2) is 0 Å². The Morgan fingerprint density at radius 2 is 1.93 bits per heavy atom. The van der Waals surface area contributed by atoms with Crippen LogP contribution in [0.5, 0.6) is 0 Å². The van der Waals surface area contributed by atoms with Crippen LogP contribution >= 0.6 is 0 Å². The van der Waals surface area contributed by atoms with Gasteiger partial charge in [-0.1, -0.05) is 13.8 Å². The fourth-order valence-electron chi connectivity index (χ4n) is 1.89. The van der Waals surface area contributed by atoms with Crippen LogP contribution in [0.4, 0.5) is 0 Å². The highest BCUT2D eigenvalue weighted by molar-refractivity contribution is 4.85. The highest BCUT2D eigenvalue weighted by Crippen LogP contribution is 2.21. The van der Waals surface area contributed by atoms with Crippen molar-refractivity contribution in [1.29, 1.82) is 0 Å². The van der Waals surface area contributed by atoms with E-state index >= 15 is 0 Å². The molecule has 0 aliphatic heterocycles. The molecule has 1 saturated carbocycles. The van der Waals surface area contributed by atoms with Gasteiger partial charge in [-0.05, 0) is 25.9 Å². The normalized spacial score (nSPS) is 26.6. The Balaban J connectivity index is 1.94. The van der Waals surface area contributed by atoms with Gasteiger partial charge in [-0.15, -0.1) is 0 Å². The van der Waals surface area contributed by atoms with Gasteiger partial charge in [0.15, 0.2) is 0 Å². The molecule has 1 rings (SSSR count). The molecule has 1 N–H and O–H groups in total. The maximum atomic E-state index is 5.24. The first-order chi connectivity index (χ1) is 6.80. The molecule has 3 heteroatoms. The van der Waals surface area contributed by atoms with Crippen LogP contribution in [-0.4, -0.2) is 50.3 Å². The molecule has 84 valence electrons. The standard InChI is InChI=1S/C11H24N2O/c1-4-13(5-2)7-6-12-10-8-11(9-10)14-3/h10-12H,4-9H2,1-3H3. The molecule has 0 atom stereocenters. The number of nitrogens with zero attached hydrogens (tertiary/aromatic N) is 1. The Kier molecular flexibility index (Phi) is 5.45. The van der Waals surface area contributed by atoms with E-state index in [1.54, 1.807) is 7.11 Å². The molecule has 0 spiro atoms. The lowest BCUT2D eigenvalue weighted by molar-refractivity contribution is 0.0170. The van der Waals surface area contributed by atoms with Crippen LogP contribution in [0.25, 0.3) is 0 Å². The fourth-order valence-corrected chi connectivity index (χ4v) is 1.89. The van der Waals surface area contributed by atoms with E-state index in [9.17, 15) is 0 Å². The number of ether oxygens (including phenoxy) is 1. The number of likely N-dealkylation sites (N-methyl/N-ethyl adjacent to an activating group) is 1. The molecule has 1 aliphatic rings. The number of rotatable bonds is 7. The third kappa shape index (κ3) is 3.56. The second-order valence-electron chi connectivity index (χ2n) is 4.01. The van der Waals surface area contributed by atoms with Gasteiger partial charge in [0.25, 0.3) is 0 Å². The van der Waals surface area contributed by atoms with E-state index in [4.69, 9.17) is 4.74 Å². The highest BCUT2D eigenvalue weighted by atomic mass is 16.5. The van der Waals surface area contributed by atoms with Gasteiger partial charge >= 0.3 is 0 Å². The zero-order chi connectivity index (χ0) is 10.4. The summed E-state index contributed by atoms with van der Waals surface area (Å²) < 4.78 is 5.24. The minimum absolute atomic E-state index is 0.515. The average molecular weight is 200 g/mol. The lowest BCUT2D eigenvalue weighted by Gasteiger charge is -2.35. The summed E-state index contributed by atoms with van der Waals surface area (Å²) in [6.45, 7) is 9.03. The maximum absolute atomic E-state index is 5.24. The summed E-state index contributed by atoms with van der Waals surface area (Å²) >= 11 is 0. The molecule has 0 amide bonds. The topological polar surface area (TPSA) is 24.5 Å². The monoisotopic (exact) mass is 200 g/mol. The van der Waals surface area contributed by atoms with Crippen LogP contribution in [0.1, 0.15) is 26.7 Å². The van der Waals surface area contributed by atoms with Gasteiger partial charge in [0, 0.05) is 26.2 Å². The average Bonchev–Trinajstić information content (AvgIpc) is 2.15. The van der Waals surface area contributed by atoms with Crippen LogP contribution in [0, 0.1) is 0 Å². The number of nitrogens with one attached hydrogen (secondary N) is 1. The van der Waals surface area contributed by atoms with Crippen LogP contribution in [0.3, 0.4) is 0 Å². The third-order valence-electron chi connectivity index (χ3n) is 3.18. The Bertz CT molecular complexity index is 142. The highest BCUT2D eigenvalue weighted by Gasteiger charge is 2.27. The maximum Gasteiger partial charge on any atom is 0.0601 e. The summed E-state index contributed by atoms with van der Waals surface area (Å²) in [5.41, 5.74) is 0. The SMILES string of the molecule is CCN(CC)CCNC1CC(OC)C1. The van der Waals surface area contributed by atoms with E-state index in [-0.39, 0.29) is 0 Å². The second-order valence-corrected chi connectivity index (χ2v) is 4.01. The van der Waals surface area contributed by atoms with Gasteiger partial charge in [-0.3, -0.25) is 0 Å². The van der Waals surface area contributed by atoms with E-state index in [0.29, 0.717) is 12.1 Å². The number of hydrogen-bond acceptors (Lipinski definition) is 3. The predicted molar refractivity (Wildman–Crippen MR) is 59.6 cm³/mol. The van der Waals surface area contributed by atoms with Gasteiger partial charge in [0.05, 0.1) is 6.10 Å². The Morgan fingerprint density at radius 3 is 2.43 bits per heavy atom. The van der Waals surface area contributed by atoms with Crippen molar-refractivity contribution in [3.05, 3.63) is 0 Å². The summed E-state index contributed by atoms with van der Waals surface area (Å²) in [6.07, 6.45) is 2.89. The van der Waals surface area contributed by atoms with Gasteiger partial charge < -0.3 is 15.0 Å². The van der Waals surface area contributed by atoms with Crippen LogP contribution < -0.4 is 5.32 Å².